The summed E-state index contributed by atoms with van der Waals surface area (Å²) < 4.78 is 0. The van der Waals surface area contributed by atoms with Crippen LogP contribution in [0.25, 0.3) is 0 Å². The van der Waals surface area contributed by atoms with Gasteiger partial charge in [0.05, 0.1) is 10.6 Å². The average Bonchev–Trinajstić information content (AvgIpc) is 2.84. The van der Waals surface area contributed by atoms with E-state index in [1.807, 2.05) is 45.0 Å². The van der Waals surface area contributed by atoms with Gasteiger partial charge in [-0.3, -0.25) is 24.9 Å². The number of amides is 1. The molecule has 1 amide bonds. The molecule has 34 heavy (non-hydrogen) atoms. The zero-order valence-electron chi connectivity index (χ0n) is 19.8. The van der Waals surface area contributed by atoms with E-state index < -0.39 is 5.54 Å². The Morgan fingerprint density at radius 1 is 1.03 bits per heavy atom. The molecule has 2 unspecified atom stereocenters. The van der Waals surface area contributed by atoms with Crippen LogP contribution in [0.15, 0.2) is 73.1 Å². The maximum Gasteiger partial charge on any atom is 0.272 e. The predicted molar refractivity (Wildman–Crippen MR) is 131 cm³/mol. The van der Waals surface area contributed by atoms with Crippen molar-refractivity contribution in [2.24, 2.45) is 5.92 Å². The van der Waals surface area contributed by atoms with Crippen molar-refractivity contribution in [2.75, 3.05) is 6.54 Å². The number of aromatic nitrogens is 2. The van der Waals surface area contributed by atoms with Crippen LogP contribution in [0, 0.1) is 16.0 Å². The number of nitrogens with zero attached hydrogens (tertiary/aromatic N) is 3. The van der Waals surface area contributed by atoms with Crippen LogP contribution in [0.1, 0.15) is 54.9 Å². The monoisotopic (exact) mass is 461 g/mol. The molecule has 8 nitrogen and oxygen atoms in total. The van der Waals surface area contributed by atoms with Crippen LogP contribution in [0.2, 0.25) is 0 Å². The van der Waals surface area contributed by atoms with Gasteiger partial charge >= 0.3 is 0 Å². The lowest BCUT2D eigenvalue weighted by atomic mass is 9.73. The van der Waals surface area contributed by atoms with Gasteiger partial charge in [-0.1, -0.05) is 37.3 Å². The number of para-hydroxylation sites is 1. The molecule has 3 aromatic rings. The van der Waals surface area contributed by atoms with Crippen molar-refractivity contribution in [2.45, 2.75) is 45.2 Å². The molecule has 1 aromatic carbocycles. The number of nitro groups is 1. The first-order valence-electron chi connectivity index (χ1n) is 11.4. The molecule has 178 valence electrons. The van der Waals surface area contributed by atoms with Gasteiger partial charge < -0.3 is 10.6 Å². The first-order chi connectivity index (χ1) is 16.3. The lowest BCUT2D eigenvalue weighted by molar-refractivity contribution is -0.385. The maximum atomic E-state index is 12.9. The fourth-order valence-corrected chi connectivity index (χ4v) is 4.41. The van der Waals surface area contributed by atoms with Crippen LogP contribution < -0.4 is 10.6 Å². The Morgan fingerprint density at radius 3 is 2.35 bits per heavy atom. The highest BCUT2D eigenvalue weighted by atomic mass is 16.6. The fraction of sp³-hybridized carbons (Fsp3) is 0.346. The van der Waals surface area contributed by atoms with E-state index in [1.54, 1.807) is 42.7 Å². The summed E-state index contributed by atoms with van der Waals surface area (Å²) in [6.07, 6.45) is 4.03. The highest BCUT2D eigenvalue weighted by Gasteiger charge is 2.37. The van der Waals surface area contributed by atoms with Crippen molar-refractivity contribution in [1.29, 1.82) is 0 Å². The van der Waals surface area contributed by atoms with Gasteiger partial charge in [0.25, 0.3) is 11.6 Å². The van der Waals surface area contributed by atoms with Gasteiger partial charge in [0.15, 0.2) is 0 Å². The molecule has 0 spiro atoms. The maximum absolute atomic E-state index is 12.9. The van der Waals surface area contributed by atoms with Crippen LogP contribution in [-0.2, 0) is 6.54 Å². The minimum Gasteiger partial charge on any atom is -0.346 e. The van der Waals surface area contributed by atoms with Crippen LogP contribution in [0.4, 0.5) is 5.69 Å². The van der Waals surface area contributed by atoms with E-state index in [2.05, 4.69) is 20.6 Å². The van der Waals surface area contributed by atoms with Gasteiger partial charge in [0.1, 0.15) is 5.69 Å². The first-order valence-corrected chi connectivity index (χ1v) is 11.4. The molecular formula is C26H31N5O3. The van der Waals surface area contributed by atoms with Gasteiger partial charge in [-0.25, -0.2) is 0 Å². The molecule has 0 radical (unpaired) electrons. The SMILES string of the molecule is CC(c1ccccc1[N+](=O)[O-])C(CCNCc1ccccn1)C(C)(C)NC(=O)c1ccccn1. The smallest absolute Gasteiger partial charge is 0.272 e. The van der Waals surface area contributed by atoms with Crippen molar-refractivity contribution in [3.63, 3.8) is 0 Å². The molecule has 3 rings (SSSR count). The Labute approximate surface area is 200 Å². The van der Waals surface area contributed by atoms with Crippen molar-refractivity contribution >= 4 is 11.6 Å². The average molecular weight is 462 g/mol. The van der Waals surface area contributed by atoms with Crippen LogP contribution in [0.3, 0.4) is 0 Å². The largest absolute Gasteiger partial charge is 0.346 e. The molecule has 2 aromatic heterocycles. The summed E-state index contributed by atoms with van der Waals surface area (Å²) in [5, 5.41) is 18.2. The fourth-order valence-electron chi connectivity index (χ4n) is 4.41. The Balaban J connectivity index is 1.81. The van der Waals surface area contributed by atoms with Crippen molar-refractivity contribution in [3.8, 4) is 0 Å². The van der Waals surface area contributed by atoms with Gasteiger partial charge in [-0.05, 0) is 62.9 Å². The molecule has 0 aliphatic rings. The summed E-state index contributed by atoms with van der Waals surface area (Å²) in [6, 6.07) is 17.8. The molecule has 0 bridgehead atoms. The van der Waals surface area contributed by atoms with E-state index in [0.29, 0.717) is 30.8 Å². The molecule has 0 aliphatic carbocycles. The second-order valence-electron chi connectivity index (χ2n) is 8.89. The molecule has 0 saturated carbocycles. The zero-order valence-corrected chi connectivity index (χ0v) is 19.8. The van der Waals surface area contributed by atoms with Crippen LogP contribution >= 0.6 is 0 Å². The van der Waals surface area contributed by atoms with E-state index in [0.717, 1.165) is 5.69 Å². The topological polar surface area (TPSA) is 110 Å². The quantitative estimate of drug-likeness (QED) is 0.247. The van der Waals surface area contributed by atoms with Crippen LogP contribution in [-0.4, -0.2) is 32.9 Å². The summed E-state index contributed by atoms with van der Waals surface area (Å²) in [4.78, 5) is 32.7. The van der Waals surface area contributed by atoms with Crippen molar-refractivity contribution in [3.05, 3.63) is 100 Å². The van der Waals surface area contributed by atoms with Crippen molar-refractivity contribution < 1.29 is 9.72 Å². The number of rotatable bonds is 11. The third kappa shape index (κ3) is 6.45. The molecule has 2 N–H and O–H groups in total. The normalized spacial score (nSPS) is 13.1. The summed E-state index contributed by atoms with van der Waals surface area (Å²) >= 11 is 0. The Hall–Kier alpha value is -3.65. The van der Waals surface area contributed by atoms with Gasteiger partial charge in [0.2, 0.25) is 0 Å². The number of pyridine rings is 2. The third-order valence-electron chi connectivity index (χ3n) is 6.15. The Morgan fingerprint density at radius 2 is 1.71 bits per heavy atom. The molecule has 0 fully saturated rings. The summed E-state index contributed by atoms with van der Waals surface area (Å²) in [7, 11) is 0. The number of carbonyl (C=O) groups excluding carboxylic acids is 1. The third-order valence-corrected chi connectivity index (χ3v) is 6.15. The lowest BCUT2D eigenvalue weighted by Gasteiger charge is -2.39. The zero-order chi connectivity index (χ0) is 24.6. The molecule has 2 atom stereocenters. The number of benzene rings is 1. The van der Waals surface area contributed by atoms with E-state index in [9.17, 15) is 14.9 Å². The molecule has 2 heterocycles. The standard InChI is InChI=1S/C26H31N5O3/c1-19(21-11-4-5-13-24(21)31(33)34)22(14-17-27-18-20-10-6-8-15-28-20)26(2,3)30-25(32)23-12-7-9-16-29-23/h4-13,15-16,19,22,27H,14,17-18H2,1-3H3,(H,30,32). The molecule has 8 heteroatoms. The minimum absolute atomic E-state index is 0.0910. The van der Waals surface area contributed by atoms with E-state index in [1.165, 1.54) is 6.07 Å². The molecule has 0 saturated heterocycles. The summed E-state index contributed by atoms with van der Waals surface area (Å²) in [6.45, 7) is 7.19. The van der Waals surface area contributed by atoms with Crippen molar-refractivity contribution in [1.82, 2.24) is 20.6 Å². The summed E-state index contributed by atoms with van der Waals surface area (Å²) in [5.41, 5.74) is 1.36. The van der Waals surface area contributed by atoms with E-state index in [4.69, 9.17) is 0 Å². The van der Waals surface area contributed by atoms with Gasteiger partial charge in [-0.15, -0.1) is 0 Å². The highest BCUT2D eigenvalue weighted by molar-refractivity contribution is 5.92. The predicted octanol–water partition coefficient (Wildman–Crippen LogP) is 4.49. The van der Waals surface area contributed by atoms with E-state index in [-0.39, 0.29) is 28.4 Å². The van der Waals surface area contributed by atoms with Crippen LogP contribution in [0.5, 0.6) is 0 Å². The second-order valence-corrected chi connectivity index (χ2v) is 8.89. The lowest BCUT2D eigenvalue weighted by Crippen LogP contribution is -2.51. The Kier molecular flexibility index (Phi) is 8.43. The molecule has 0 aliphatic heterocycles. The Bertz CT molecular complexity index is 1090. The number of nitrogens with one attached hydrogen (secondary N) is 2. The highest BCUT2D eigenvalue weighted by Crippen LogP contribution is 2.38. The number of carbonyl (C=O) groups is 1. The second kappa shape index (κ2) is 11.5. The number of hydrogen-bond donors (Lipinski definition) is 2. The van der Waals surface area contributed by atoms with Gasteiger partial charge in [0, 0.05) is 36.1 Å². The minimum atomic E-state index is -0.662. The van der Waals surface area contributed by atoms with E-state index >= 15 is 0 Å². The summed E-state index contributed by atoms with van der Waals surface area (Å²) in [5.74, 6) is -0.554. The van der Waals surface area contributed by atoms with Gasteiger partial charge in [-0.2, -0.15) is 0 Å². The first kappa shape index (κ1) is 25.0. The number of hydrogen-bond acceptors (Lipinski definition) is 6. The molecular weight excluding hydrogens is 430 g/mol. The number of nitro benzene ring substituents is 1.